The van der Waals surface area contributed by atoms with Crippen molar-refractivity contribution in [3.05, 3.63) is 70.8 Å². The largest absolute Gasteiger partial charge is 0.493 e. The van der Waals surface area contributed by atoms with Gasteiger partial charge in [0.2, 0.25) is 0 Å². The van der Waals surface area contributed by atoms with Crippen LogP contribution in [0.3, 0.4) is 0 Å². The molecule has 0 saturated carbocycles. The third-order valence-electron chi connectivity index (χ3n) is 6.58. The first kappa shape index (κ1) is 26.3. The number of hydrogen-bond donors (Lipinski definition) is 1. The van der Waals surface area contributed by atoms with Gasteiger partial charge in [0, 0.05) is 32.0 Å². The molecular formula is C28H36ClN3O4. The molecule has 3 aromatic rings. The minimum absolute atomic E-state index is 0.208. The number of aliphatic hydroxyl groups is 1. The summed E-state index contributed by atoms with van der Waals surface area (Å²) in [7, 11) is 1.65. The quantitative estimate of drug-likeness (QED) is 0.362. The van der Waals surface area contributed by atoms with E-state index >= 15 is 0 Å². The Hall–Kier alpha value is -2.74. The van der Waals surface area contributed by atoms with Crippen LogP contribution in [-0.2, 0) is 13.1 Å². The second kappa shape index (κ2) is 12.0. The van der Waals surface area contributed by atoms with E-state index in [0.717, 1.165) is 54.4 Å². The van der Waals surface area contributed by atoms with Crippen molar-refractivity contribution in [3.8, 4) is 17.2 Å². The van der Waals surface area contributed by atoms with Crippen molar-refractivity contribution >= 4 is 11.6 Å². The number of benzene rings is 2. The summed E-state index contributed by atoms with van der Waals surface area (Å²) in [6.45, 7) is 7.80. The van der Waals surface area contributed by atoms with Crippen molar-refractivity contribution in [1.29, 1.82) is 0 Å². The lowest BCUT2D eigenvalue weighted by atomic mass is 9.93. The van der Waals surface area contributed by atoms with E-state index in [0.29, 0.717) is 36.9 Å². The highest BCUT2D eigenvalue weighted by molar-refractivity contribution is 6.32. The van der Waals surface area contributed by atoms with Gasteiger partial charge in [-0.05, 0) is 75.0 Å². The van der Waals surface area contributed by atoms with Crippen LogP contribution in [0.15, 0.2) is 48.8 Å². The van der Waals surface area contributed by atoms with Gasteiger partial charge in [-0.2, -0.15) is 0 Å². The van der Waals surface area contributed by atoms with E-state index in [1.165, 1.54) is 0 Å². The van der Waals surface area contributed by atoms with Crippen LogP contribution in [0.1, 0.15) is 36.2 Å². The zero-order valence-corrected chi connectivity index (χ0v) is 22.1. The average Bonchev–Trinajstić information content (AvgIpc) is 3.27. The molecule has 0 unspecified atom stereocenters. The van der Waals surface area contributed by atoms with Gasteiger partial charge >= 0.3 is 0 Å². The molecule has 1 fully saturated rings. The Kier molecular flexibility index (Phi) is 8.77. The standard InChI is InChI=1S/C28H36ClN3O4/c1-21-6-8-24(29)26(16-21)36-20-28(33)10-4-12-31(19-28)18-23-7-9-25(34-3)27(17-23)35-15-5-13-32-14-11-30-22(32)2/h6-9,11,14,16-17,33H,4-5,10,12-13,15,18-20H2,1-3H3/t28-/m0/s1. The third-order valence-corrected chi connectivity index (χ3v) is 6.89. The van der Waals surface area contributed by atoms with Crippen LogP contribution in [0.2, 0.25) is 5.02 Å². The topological polar surface area (TPSA) is 69.0 Å². The zero-order chi connectivity index (χ0) is 25.5. The minimum atomic E-state index is -0.928. The Morgan fingerprint density at radius 1 is 1.08 bits per heavy atom. The fourth-order valence-corrected chi connectivity index (χ4v) is 4.81. The highest BCUT2D eigenvalue weighted by atomic mass is 35.5. The van der Waals surface area contributed by atoms with E-state index in [4.69, 9.17) is 25.8 Å². The molecule has 2 aromatic carbocycles. The molecule has 1 N–H and O–H groups in total. The number of imidazole rings is 1. The highest BCUT2D eigenvalue weighted by Crippen LogP contribution is 2.31. The van der Waals surface area contributed by atoms with Crippen molar-refractivity contribution in [3.63, 3.8) is 0 Å². The number of methoxy groups -OCH3 is 1. The monoisotopic (exact) mass is 513 g/mol. The van der Waals surface area contributed by atoms with Crippen LogP contribution in [0.5, 0.6) is 17.2 Å². The number of likely N-dealkylation sites (tertiary alicyclic amines) is 1. The molecule has 8 heteroatoms. The van der Waals surface area contributed by atoms with Gasteiger partial charge < -0.3 is 23.9 Å². The zero-order valence-electron chi connectivity index (χ0n) is 21.4. The number of aromatic nitrogens is 2. The van der Waals surface area contributed by atoms with Gasteiger partial charge in [-0.15, -0.1) is 0 Å². The van der Waals surface area contributed by atoms with E-state index in [9.17, 15) is 5.11 Å². The molecule has 0 spiro atoms. The Bertz CT molecular complexity index is 1150. The van der Waals surface area contributed by atoms with Crippen molar-refractivity contribution in [2.75, 3.05) is 33.4 Å². The number of halogens is 1. The summed E-state index contributed by atoms with van der Waals surface area (Å²) in [5.74, 6) is 3.07. The summed E-state index contributed by atoms with van der Waals surface area (Å²) in [5, 5.41) is 11.8. The van der Waals surface area contributed by atoms with Gasteiger partial charge in [0.25, 0.3) is 0 Å². The molecule has 1 saturated heterocycles. The van der Waals surface area contributed by atoms with Crippen molar-refractivity contribution in [1.82, 2.24) is 14.5 Å². The van der Waals surface area contributed by atoms with E-state index < -0.39 is 5.60 Å². The number of hydrogen-bond acceptors (Lipinski definition) is 6. The number of rotatable bonds is 11. The van der Waals surface area contributed by atoms with Gasteiger partial charge in [-0.1, -0.05) is 23.7 Å². The van der Waals surface area contributed by atoms with Crippen LogP contribution in [0.4, 0.5) is 0 Å². The van der Waals surface area contributed by atoms with Gasteiger partial charge in [0.15, 0.2) is 11.5 Å². The fourth-order valence-electron chi connectivity index (χ4n) is 4.64. The van der Waals surface area contributed by atoms with E-state index in [1.807, 2.05) is 56.6 Å². The van der Waals surface area contributed by atoms with Crippen molar-refractivity contribution < 1.29 is 19.3 Å². The maximum atomic E-state index is 11.3. The first-order valence-electron chi connectivity index (χ1n) is 12.5. The van der Waals surface area contributed by atoms with Gasteiger partial charge in [-0.25, -0.2) is 4.98 Å². The summed E-state index contributed by atoms with van der Waals surface area (Å²) in [4.78, 5) is 6.52. The maximum Gasteiger partial charge on any atom is 0.161 e. The first-order chi connectivity index (χ1) is 17.3. The molecule has 0 bridgehead atoms. The van der Waals surface area contributed by atoms with Crippen LogP contribution in [-0.4, -0.2) is 58.6 Å². The molecule has 2 heterocycles. The van der Waals surface area contributed by atoms with Gasteiger partial charge in [0.05, 0.1) is 18.7 Å². The third kappa shape index (κ3) is 6.93. The van der Waals surface area contributed by atoms with E-state index in [-0.39, 0.29) is 6.61 Å². The van der Waals surface area contributed by atoms with E-state index in [1.54, 1.807) is 7.11 Å². The molecule has 0 radical (unpaired) electrons. The van der Waals surface area contributed by atoms with Gasteiger partial charge in [0.1, 0.15) is 23.8 Å². The molecule has 7 nitrogen and oxygen atoms in total. The molecule has 4 rings (SSSR count). The summed E-state index contributed by atoms with van der Waals surface area (Å²) < 4.78 is 19.7. The van der Waals surface area contributed by atoms with E-state index in [2.05, 4.69) is 20.5 Å². The molecular weight excluding hydrogens is 478 g/mol. The van der Waals surface area contributed by atoms with Crippen molar-refractivity contribution in [2.24, 2.45) is 0 Å². The fraction of sp³-hybridized carbons (Fsp3) is 0.464. The number of piperidine rings is 1. The molecule has 0 aliphatic carbocycles. The lowest BCUT2D eigenvalue weighted by Crippen LogP contribution is -2.51. The number of nitrogens with zero attached hydrogens (tertiary/aromatic N) is 3. The predicted octanol–water partition coefficient (Wildman–Crippen LogP) is 5.04. The molecule has 1 aromatic heterocycles. The second-order valence-corrected chi connectivity index (χ2v) is 10.0. The SMILES string of the molecule is COc1ccc(CN2CCC[C@@](O)(COc3cc(C)ccc3Cl)C2)cc1OCCCn1ccnc1C. The Morgan fingerprint density at radius 2 is 1.94 bits per heavy atom. The molecule has 36 heavy (non-hydrogen) atoms. The molecule has 0 amide bonds. The molecule has 1 atom stereocenters. The maximum absolute atomic E-state index is 11.3. The van der Waals surface area contributed by atoms with Gasteiger partial charge in [-0.3, -0.25) is 4.90 Å². The highest BCUT2D eigenvalue weighted by Gasteiger charge is 2.34. The number of aryl methyl sites for hydroxylation is 3. The lowest BCUT2D eigenvalue weighted by Gasteiger charge is -2.39. The van der Waals surface area contributed by atoms with Crippen LogP contribution >= 0.6 is 11.6 Å². The summed E-state index contributed by atoms with van der Waals surface area (Å²) >= 11 is 6.27. The Balaban J connectivity index is 1.33. The minimum Gasteiger partial charge on any atom is -0.493 e. The molecule has 194 valence electrons. The smallest absolute Gasteiger partial charge is 0.161 e. The summed E-state index contributed by atoms with van der Waals surface area (Å²) in [6, 6.07) is 11.7. The van der Waals surface area contributed by atoms with Crippen LogP contribution in [0, 0.1) is 13.8 Å². The second-order valence-electron chi connectivity index (χ2n) is 9.62. The molecule has 1 aliphatic heterocycles. The number of β-amino-alcohol motifs (C(OH)–C–C–N with tert-alkyl or cyclic N) is 1. The normalized spacial score (nSPS) is 18.2. The average molecular weight is 514 g/mol. The first-order valence-corrected chi connectivity index (χ1v) is 12.8. The summed E-state index contributed by atoms with van der Waals surface area (Å²) in [5.41, 5.74) is 1.26. The van der Waals surface area contributed by atoms with Crippen LogP contribution < -0.4 is 14.2 Å². The Labute approximate surface area is 218 Å². The predicted molar refractivity (Wildman–Crippen MR) is 141 cm³/mol. The van der Waals surface area contributed by atoms with Crippen LogP contribution in [0.25, 0.3) is 0 Å². The Morgan fingerprint density at radius 3 is 2.72 bits per heavy atom. The summed E-state index contributed by atoms with van der Waals surface area (Å²) in [6.07, 6.45) is 6.26. The molecule has 1 aliphatic rings. The lowest BCUT2D eigenvalue weighted by molar-refractivity contribution is -0.0621. The number of ether oxygens (including phenoxy) is 3. The van der Waals surface area contributed by atoms with Crippen molar-refractivity contribution in [2.45, 2.75) is 51.8 Å².